The highest BCUT2D eigenvalue weighted by Gasteiger charge is 2.09. The smallest absolute Gasteiger partial charge is 0.221 e. The van der Waals surface area contributed by atoms with Crippen molar-refractivity contribution in [3.63, 3.8) is 0 Å². The van der Waals surface area contributed by atoms with E-state index in [1.165, 1.54) is 18.2 Å². The molecule has 3 nitrogen and oxygen atoms in total. The molecule has 0 aliphatic carbocycles. The topological polar surface area (TPSA) is 34.1 Å². The van der Waals surface area contributed by atoms with E-state index in [0.717, 1.165) is 36.7 Å². The van der Waals surface area contributed by atoms with E-state index in [2.05, 4.69) is 55.3 Å². The second-order valence-electron chi connectivity index (χ2n) is 5.63. The zero-order chi connectivity index (χ0) is 15.1. The Hall–Kier alpha value is -1.61. The van der Waals surface area contributed by atoms with Crippen molar-refractivity contribution in [3.05, 3.63) is 36.0 Å². The van der Waals surface area contributed by atoms with Gasteiger partial charge in [-0.2, -0.15) is 0 Å². The van der Waals surface area contributed by atoms with Crippen molar-refractivity contribution < 1.29 is 4.74 Å². The van der Waals surface area contributed by atoms with Crippen LogP contribution in [0.1, 0.15) is 39.3 Å². The molecule has 114 valence electrons. The van der Waals surface area contributed by atoms with Crippen LogP contribution < -0.4 is 10.1 Å². The number of hydrogen-bond donors (Lipinski definition) is 1. The van der Waals surface area contributed by atoms with E-state index in [0.29, 0.717) is 5.92 Å². The first kappa shape index (κ1) is 15.8. The summed E-state index contributed by atoms with van der Waals surface area (Å²) < 4.78 is 6.02. The highest BCUT2D eigenvalue weighted by molar-refractivity contribution is 5.87. The fraction of sp³-hybridized carbons (Fsp3) is 0.500. The van der Waals surface area contributed by atoms with Crippen molar-refractivity contribution in [3.8, 4) is 5.88 Å². The van der Waals surface area contributed by atoms with Crippen molar-refractivity contribution in [1.82, 2.24) is 10.3 Å². The molecule has 0 aliphatic rings. The van der Waals surface area contributed by atoms with Crippen LogP contribution in [-0.2, 0) is 6.54 Å². The molecule has 2 aromatic rings. The molecular weight excluding hydrogens is 260 g/mol. The SMILES string of the molecule is CCCC(C)COc1nc(CNCC)cc2ccccc12. The third kappa shape index (κ3) is 4.43. The Balaban J connectivity index is 2.22. The Morgan fingerprint density at radius 1 is 1.24 bits per heavy atom. The van der Waals surface area contributed by atoms with Crippen LogP contribution in [0.25, 0.3) is 10.8 Å². The maximum atomic E-state index is 6.02. The Morgan fingerprint density at radius 2 is 2.05 bits per heavy atom. The first-order valence-electron chi connectivity index (χ1n) is 7.96. The van der Waals surface area contributed by atoms with Gasteiger partial charge < -0.3 is 10.1 Å². The molecule has 0 saturated heterocycles. The maximum Gasteiger partial charge on any atom is 0.221 e. The lowest BCUT2D eigenvalue weighted by molar-refractivity contribution is 0.245. The quantitative estimate of drug-likeness (QED) is 0.791. The average molecular weight is 286 g/mol. The van der Waals surface area contributed by atoms with E-state index in [-0.39, 0.29) is 0 Å². The van der Waals surface area contributed by atoms with Crippen LogP contribution in [0, 0.1) is 5.92 Å². The third-order valence-corrected chi connectivity index (χ3v) is 3.60. The van der Waals surface area contributed by atoms with Gasteiger partial charge in [-0.25, -0.2) is 4.98 Å². The normalized spacial score (nSPS) is 12.5. The summed E-state index contributed by atoms with van der Waals surface area (Å²) >= 11 is 0. The highest BCUT2D eigenvalue weighted by Crippen LogP contribution is 2.25. The fourth-order valence-electron chi connectivity index (χ4n) is 2.47. The summed E-state index contributed by atoms with van der Waals surface area (Å²) in [6, 6.07) is 10.4. The molecule has 2 rings (SSSR count). The summed E-state index contributed by atoms with van der Waals surface area (Å²) in [6.45, 7) is 9.00. The van der Waals surface area contributed by atoms with Crippen molar-refractivity contribution in [2.75, 3.05) is 13.2 Å². The van der Waals surface area contributed by atoms with Gasteiger partial charge in [0.2, 0.25) is 5.88 Å². The summed E-state index contributed by atoms with van der Waals surface area (Å²) in [4.78, 5) is 4.69. The number of rotatable bonds is 8. The van der Waals surface area contributed by atoms with Gasteiger partial charge in [-0.1, -0.05) is 45.4 Å². The van der Waals surface area contributed by atoms with Gasteiger partial charge in [0.15, 0.2) is 0 Å². The van der Waals surface area contributed by atoms with Crippen molar-refractivity contribution in [1.29, 1.82) is 0 Å². The standard InChI is InChI=1S/C18H26N2O/c1-4-8-14(3)13-21-18-17-10-7-6-9-15(17)11-16(20-18)12-19-5-2/h6-7,9-11,14,19H,4-5,8,12-13H2,1-3H3. The molecule has 3 heteroatoms. The largest absolute Gasteiger partial charge is 0.477 e. The van der Waals surface area contributed by atoms with Crippen LogP contribution in [0.5, 0.6) is 5.88 Å². The monoisotopic (exact) mass is 286 g/mol. The third-order valence-electron chi connectivity index (χ3n) is 3.60. The Morgan fingerprint density at radius 3 is 2.81 bits per heavy atom. The van der Waals surface area contributed by atoms with Crippen LogP contribution in [-0.4, -0.2) is 18.1 Å². The van der Waals surface area contributed by atoms with E-state index in [9.17, 15) is 0 Å². The molecule has 0 aliphatic heterocycles. The Kier molecular flexibility index (Phi) is 6.00. The number of nitrogens with zero attached hydrogens (tertiary/aromatic N) is 1. The number of pyridine rings is 1. The van der Waals surface area contributed by atoms with E-state index in [1.807, 2.05) is 6.07 Å². The number of nitrogens with one attached hydrogen (secondary N) is 1. The first-order chi connectivity index (χ1) is 10.2. The van der Waals surface area contributed by atoms with Gasteiger partial charge in [0.1, 0.15) is 0 Å². The Bertz CT molecular complexity index is 568. The van der Waals surface area contributed by atoms with Gasteiger partial charge in [0.25, 0.3) is 0 Å². The molecule has 1 atom stereocenters. The number of aromatic nitrogens is 1. The van der Waals surface area contributed by atoms with Gasteiger partial charge in [0.05, 0.1) is 12.3 Å². The zero-order valence-electron chi connectivity index (χ0n) is 13.4. The second kappa shape index (κ2) is 7.99. The molecule has 21 heavy (non-hydrogen) atoms. The van der Waals surface area contributed by atoms with Gasteiger partial charge in [-0.05, 0) is 36.4 Å². The molecule has 0 spiro atoms. The second-order valence-corrected chi connectivity index (χ2v) is 5.63. The maximum absolute atomic E-state index is 6.02. The van der Waals surface area contributed by atoms with E-state index in [1.54, 1.807) is 0 Å². The zero-order valence-corrected chi connectivity index (χ0v) is 13.4. The number of ether oxygens (including phenoxy) is 1. The predicted octanol–water partition coefficient (Wildman–Crippen LogP) is 4.16. The number of fused-ring (bicyclic) bond motifs is 1. The van der Waals surface area contributed by atoms with Crippen LogP contribution >= 0.6 is 0 Å². The highest BCUT2D eigenvalue weighted by atomic mass is 16.5. The summed E-state index contributed by atoms with van der Waals surface area (Å²) in [5.41, 5.74) is 1.04. The lowest BCUT2D eigenvalue weighted by Crippen LogP contribution is -2.14. The van der Waals surface area contributed by atoms with E-state index < -0.39 is 0 Å². The molecule has 1 unspecified atom stereocenters. The molecule has 0 amide bonds. The molecule has 1 heterocycles. The lowest BCUT2D eigenvalue weighted by Gasteiger charge is -2.14. The van der Waals surface area contributed by atoms with Crippen molar-refractivity contribution >= 4 is 10.8 Å². The van der Waals surface area contributed by atoms with Gasteiger partial charge in [-0.15, -0.1) is 0 Å². The number of benzene rings is 1. The molecule has 1 N–H and O–H groups in total. The molecule has 0 bridgehead atoms. The van der Waals surface area contributed by atoms with Gasteiger partial charge in [0, 0.05) is 11.9 Å². The van der Waals surface area contributed by atoms with Crippen LogP contribution in [0.3, 0.4) is 0 Å². The molecule has 1 aromatic heterocycles. The summed E-state index contributed by atoms with van der Waals surface area (Å²) in [5, 5.41) is 5.62. The van der Waals surface area contributed by atoms with Gasteiger partial charge >= 0.3 is 0 Å². The predicted molar refractivity (Wildman–Crippen MR) is 88.7 cm³/mol. The lowest BCUT2D eigenvalue weighted by atomic mass is 10.1. The minimum absolute atomic E-state index is 0.563. The van der Waals surface area contributed by atoms with Crippen LogP contribution in [0.4, 0.5) is 0 Å². The van der Waals surface area contributed by atoms with Crippen LogP contribution in [0.2, 0.25) is 0 Å². The van der Waals surface area contributed by atoms with Gasteiger partial charge in [-0.3, -0.25) is 0 Å². The minimum Gasteiger partial charge on any atom is -0.477 e. The van der Waals surface area contributed by atoms with E-state index >= 15 is 0 Å². The fourth-order valence-corrected chi connectivity index (χ4v) is 2.47. The first-order valence-corrected chi connectivity index (χ1v) is 7.96. The Labute approximate surface area is 127 Å². The molecule has 0 fully saturated rings. The summed E-state index contributed by atoms with van der Waals surface area (Å²) in [5.74, 6) is 1.33. The number of hydrogen-bond acceptors (Lipinski definition) is 3. The molecule has 0 radical (unpaired) electrons. The molecule has 0 saturated carbocycles. The summed E-state index contributed by atoms with van der Waals surface area (Å²) in [7, 11) is 0. The average Bonchev–Trinajstić information content (AvgIpc) is 2.51. The van der Waals surface area contributed by atoms with E-state index in [4.69, 9.17) is 4.74 Å². The molecule has 1 aromatic carbocycles. The van der Waals surface area contributed by atoms with Crippen molar-refractivity contribution in [2.24, 2.45) is 5.92 Å². The summed E-state index contributed by atoms with van der Waals surface area (Å²) in [6.07, 6.45) is 2.38. The van der Waals surface area contributed by atoms with Crippen LogP contribution in [0.15, 0.2) is 30.3 Å². The van der Waals surface area contributed by atoms with Crippen molar-refractivity contribution in [2.45, 2.75) is 40.2 Å². The molecular formula is C18H26N2O. The minimum atomic E-state index is 0.563.